The fraction of sp³-hybridized carbons (Fsp3) is 1.00. The van der Waals surface area contributed by atoms with E-state index in [0.717, 1.165) is 23.9 Å². The lowest BCUT2D eigenvalue weighted by molar-refractivity contribution is 0.0264. The first kappa shape index (κ1) is 11.0. The number of rotatable bonds is 3. The van der Waals surface area contributed by atoms with Gasteiger partial charge >= 0.3 is 0 Å². The molecule has 92 valence electrons. The highest BCUT2D eigenvalue weighted by atomic mass is 15.3. The first-order valence-corrected chi connectivity index (χ1v) is 7.22. The van der Waals surface area contributed by atoms with E-state index in [2.05, 4.69) is 23.6 Å². The van der Waals surface area contributed by atoms with E-state index < -0.39 is 0 Å². The predicted molar refractivity (Wildman–Crippen MR) is 67.5 cm³/mol. The van der Waals surface area contributed by atoms with Crippen LogP contribution in [-0.2, 0) is 0 Å². The van der Waals surface area contributed by atoms with E-state index in [1.165, 1.54) is 51.9 Å². The minimum Gasteiger partial charge on any atom is -0.298 e. The molecule has 2 aliphatic heterocycles. The van der Waals surface area contributed by atoms with Gasteiger partial charge in [0, 0.05) is 31.7 Å². The monoisotopic (exact) mass is 222 g/mol. The Hall–Kier alpha value is -0.0800. The number of fused-ring (bicyclic) bond motifs is 1. The highest BCUT2D eigenvalue weighted by Crippen LogP contribution is 2.34. The Bertz CT molecular complexity index is 247. The van der Waals surface area contributed by atoms with Crippen LogP contribution in [0.1, 0.15) is 39.5 Å². The fourth-order valence-corrected chi connectivity index (χ4v) is 3.58. The quantitative estimate of drug-likeness (QED) is 0.722. The number of nitrogens with zero attached hydrogens (tertiary/aromatic N) is 2. The average molecular weight is 222 g/mol. The van der Waals surface area contributed by atoms with Crippen LogP contribution >= 0.6 is 0 Å². The summed E-state index contributed by atoms with van der Waals surface area (Å²) in [7, 11) is 0. The molecule has 2 unspecified atom stereocenters. The number of hydrogen-bond donors (Lipinski definition) is 0. The van der Waals surface area contributed by atoms with Crippen LogP contribution in [0.25, 0.3) is 0 Å². The van der Waals surface area contributed by atoms with Gasteiger partial charge in [-0.25, -0.2) is 0 Å². The lowest BCUT2D eigenvalue weighted by Gasteiger charge is -2.45. The molecule has 2 nitrogen and oxygen atoms in total. The zero-order chi connectivity index (χ0) is 11.1. The van der Waals surface area contributed by atoms with Gasteiger partial charge in [0.1, 0.15) is 0 Å². The van der Waals surface area contributed by atoms with Crippen LogP contribution in [0.5, 0.6) is 0 Å². The SMILES string of the molecule is CC(C)C1CN2CCCC2CN1CC1CC1. The highest BCUT2D eigenvalue weighted by molar-refractivity contribution is 4.94. The van der Waals surface area contributed by atoms with Crippen molar-refractivity contribution in [3.63, 3.8) is 0 Å². The molecule has 0 bridgehead atoms. The molecule has 16 heavy (non-hydrogen) atoms. The van der Waals surface area contributed by atoms with Crippen molar-refractivity contribution in [3.8, 4) is 0 Å². The van der Waals surface area contributed by atoms with Gasteiger partial charge in [-0.15, -0.1) is 0 Å². The maximum absolute atomic E-state index is 2.83. The predicted octanol–water partition coefficient (Wildman–Crippen LogP) is 2.20. The molecule has 2 heteroatoms. The van der Waals surface area contributed by atoms with Gasteiger partial charge in [0.15, 0.2) is 0 Å². The Balaban J connectivity index is 1.67. The summed E-state index contributed by atoms with van der Waals surface area (Å²) in [6.45, 7) is 10.3. The summed E-state index contributed by atoms with van der Waals surface area (Å²) < 4.78 is 0. The van der Waals surface area contributed by atoms with Crippen molar-refractivity contribution < 1.29 is 0 Å². The third-order valence-electron chi connectivity index (χ3n) is 4.79. The van der Waals surface area contributed by atoms with Crippen LogP contribution < -0.4 is 0 Å². The molecule has 1 aliphatic carbocycles. The van der Waals surface area contributed by atoms with Gasteiger partial charge in [-0.1, -0.05) is 13.8 Å². The largest absolute Gasteiger partial charge is 0.298 e. The molecular formula is C14H26N2. The lowest BCUT2D eigenvalue weighted by atomic mass is 9.97. The van der Waals surface area contributed by atoms with E-state index in [4.69, 9.17) is 0 Å². The van der Waals surface area contributed by atoms with Crippen LogP contribution in [0.2, 0.25) is 0 Å². The maximum Gasteiger partial charge on any atom is 0.0247 e. The first-order chi connectivity index (χ1) is 7.74. The smallest absolute Gasteiger partial charge is 0.0247 e. The summed E-state index contributed by atoms with van der Waals surface area (Å²) in [4.78, 5) is 5.59. The minimum atomic E-state index is 0.820. The first-order valence-electron chi connectivity index (χ1n) is 7.22. The molecule has 1 saturated carbocycles. The molecule has 0 aromatic heterocycles. The van der Waals surface area contributed by atoms with Gasteiger partial charge in [0.25, 0.3) is 0 Å². The van der Waals surface area contributed by atoms with E-state index in [1.807, 2.05) is 0 Å². The van der Waals surface area contributed by atoms with E-state index in [1.54, 1.807) is 0 Å². The number of hydrogen-bond acceptors (Lipinski definition) is 2. The van der Waals surface area contributed by atoms with Gasteiger partial charge in [-0.2, -0.15) is 0 Å². The Labute approximate surface area is 100.0 Å². The van der Waals surface area contributed by atoms with Crippen molar-refractivity contribution >= 4 is 0 Å². The zero-order valence-corrected chi connectivity index (χ0v) is 10.9. The lowest BCUT2D eigenvalue weighted by Crippen LogP contribution is -2.58. The van der Waals surface area contributed by atoms with Crippen molar-refractivity contribution in [2.75, 3.05) is 26.2 Å². The van der Waals surface area contributed by atoms with E-state index in [9.17, 15) is 0 Å². The summed E-state index contributed by atoms with van der Waals surface area (Å²) in [6, 6.07) is 1.73. The third-order valence-corrected chi connectivity index (χ3v) is 4.79. The van der Waals surface area contributed by atoms with Crippen LogP contribution in [0, 0.1) is 11.8 Å². The minimum absolute atomic E-state index is 0.820. The Morgan fingerprint density at radius 1 is 1.12 bits per heavy atom. The molecule has 3 aliphatic rings. The Kier molecular flexibility index (Phi) is 2.97. The molecule has 0 aromatic carbocycles. The molecule has 3 fully saturated rings. The van der Waals surface area contributed by atoms with E-state index in [0.29, 0.717) is 0 Å². The number of piperazine rings is 1. The second-order valence-electron chi connectivity index (χ2n) is 6.50. The summed E-state index contributed by atoms with van der Waals surface area (Å²) in [5.74, 6) is 1.87. The molecule has 0 spiro atoms. The molecule has 0 amide bonds. The molecule has 0 radical (unpaired) electrons. The van der Waals surface area contributed by atoms with Gasteiger partial charge in [-0.3, -0.25) is 9.80 Å². The van der Waals surface area contributed by atoms with Gasteiger partial charge in [0.05, 0.1) is 0 Å². The summed E-state index contributed by atoms with van der Waals surface area (Å²) >= 11 is 0. The van der Waals surface area contributed by atoms with Gasteiger partial charge in [0.2, 0.25) is 0 Å². The van der Waals surface area contributed by atoms with Crippen molar-refractivity contribution in [3.05, 3.63) is 0 Å². The third kappa shape index (κ3) is 2.14. The van der Waals surface area contributed by atoms with Crippen molar-refractivity contribution in [1.82, 2.24) is 9.80 Å². The Morgan fingerprint density at radius 3 is 2.62 bits per heavy atom. The van der Waals surface area contributed by atoms with Crippen LogP contribution in [0.15, 0.2) is 0 Å². The van der Waals surface area contributed by atoms with E-state index >= 15 is 0 Å². The molecule has 2 saturated heterocycles. The summed E-state index contributed by atoms with van der Waals surface area (Å²) in [5, 5.41) is 0. The molecule has 0 aromatic rings. The zero-order valence-electron chi connectivity index (χ0n) is 10.9. The van der Waals surface area contributed by atoms with Gasteiger partial charge < -0.3 is 0 Å². The molecule has 2 heterocycles. The summed E-state index contributed by atoms with van der Waals surface area (Å²) in [5.41, 5.74) is 0. The van der Waals surface area contributed by atoms with Crippen LogP contribution in [0.4, 0.5) is 0 Å². The molecule has 2 atom stereocenters. The second-order valence-corrected chi connectivity index (χ2v) is 6.50. The van der Waals surface area contributed by atoms with Crippen molar-refractivity contribution in [1.29, 1.82) is 0 Å². The fourth-order valence-electron chi connectivity index (χ4n) is 3.58. The van der Waals surface area contributed by atoms with Crippen molar-refractivity contribution in [2.24, 2.45) is 11.8 Å². The van der Waals surface area contributed by atoms with Crippen LogP contribution in [-0.4, -0.2) is 48.1 Å². The second kappa shape index (κ2) is 4.30. The van der Waals surface area contributed by atoms with E-state index in [-0.39, 0.29) is 0 Å². The molecule has 0 N–H and O–H groups in total. The average Bonchev–Trinajstić information content (AvgIpc) is 2.94. The van der Waals surface area contributed by atoms with Crippen LogP contribution in [0.3, 0.4) is 0 Å². The molecular weight excluding hydrogens is 196 g/mol. The van der Waals surface area contributed by atoms with Gasteiger partial charge in [-0.05, 0) is 44.1 Å². The highest BCUT2D eigenvalue weighted by Gasteiger charge is 2.39. The topological polar surface area (TPSA) is 6.48 Å². The summed E-state index contributed by atoms with van der Waals surface area (Å²) in [6.07, 6.45) is 5.88. The standard InChI is InChI=1S/C14H26N2/c1-11(2)14-10-15-7-3-4-13(15)9-16(14)8-12-5-6-12/h11-14H,3-10H2,1-2H3. The molecule has 3 rings (SSSR count). The maximum atomic E-state index is 2.83. The van der Waals surface area contributed by atoms with Crippen molar-refractivity contribution in [2.45, 2.75) is 51.6 Å². The Morgan fingerprint density at radius 2 is 1.94 bits per heavy atom. The normalized spacial score (nSPS) is 36.9.